The molecule has 5 nitrogen and oxygen atoms in total. The fraction of sp³-hybridized carbons (Fsp3) is 0.278. The lowest BCUT2D eigenvalue weighted by Gasteiger charge is -2.24. The van der Waals surface area contributed by atoms with Crippen molar-refractivity contribution in [3.8, 4) is 0 Å². The first-order chi connectivity index (χ1) is 11.1. The quantitative estimate of drug-likeness (QED) is 0.942. The summed E-state index contributed by atoms with van der Waals surface area (Å²) in [6.45, 7) is 2.43. The smallest absolute Gasteiger partial charge is 0.243 e. The van der Waals surface area contributed by atoms with Gasteiger partial charge in [0.1, 0.15) is 6.04 Å². The van der Waals surface area contributed by atoms with Gasteiger partial charge in [-0.1, -0.05) is 17.7 Å². The normalized spacial score (nSPS) is 17.3. The molecule has 1 saturated heterocycles. The number of hydrogen-bond donors (Lipinski definition) is 1. The van der Waals surface area contributed by atoms with Crippen molar-refractivity contribution in [2.75, 3.05) is 4.90 Å². The summed E-state index contributed by atoms with van der Waals surface area (Å²) in [5.41, 5.74) is 2.89. The zero-order valence-corrected chi connectivity index (χ0v) is 13.0. The molecular formula is C18H19N3O2. The van der Waals surface area contributed by atoms with E-state index in [0.717, 1.165) is 16.8 Å². The largest absolute Gasteiger partial charge is 0.350 e. The number of benzene rings is 1. The zero-order valence-electron chi connectivity index (χ0n) is 13.0. The number of anilines is 1. The Labute approximate surface area is 135 Å². The molecule has 1 aromatic heterocycles. The van der Waals surface area contributed by atoms with Crippen LogP contribution in [0.5, 0.6) is 0 Å². The molecule has 0 aliphatic carbocycles. The monoisotopic (exact) mass is 309 g/mol. The maximum absolute atomic E-state index is 12.5. The van der Waals surface area contributed by atoms with Crippen LogP contribution in [0.2, 0.25) is 0 Å². The molecule has 1 atom stereocenters. The van der Waals surface area contributed by atoms with Gasteiger partial charge in [-0.2, -0.15) is 0 Å². The summed E-state index contributed by atoms with van der Waals surface area (Å²) in [5, 5.41) is 2.91. The van der Waals surface area contributed by atoms with Gasteiger partial charge in [-0.05, 0) is 43.2 Å². The first-order valence-electron chi connectivity index (χ1n) is 7.70. The molecule has 2 amide bonds. The number of pyridine rings is 1. The van der Waals surface area contributed by atoms with E-state index in [0.29, 0.717) is 19.4 Å². The minimum Gasteiger partial charge on any atom is -0.350 e. The van der Waals surface area contributed by atoms with Gasteiger partial charge < -0.3 is 5.32 Å². The second-order valence-electron chi connectivity index (χ2n) is 5.73. The Morgan fingerprint density at radius 1 is 1.22 bits per heavy atom. The molecule has 1 N–H and O–H groups in total. The van der Waals surface area contributed by atoms with E-state index < -0.39 is 6.04 Å². The summed E-state index contributed by atoms with van der Waals surface area (Å²) >= 11 is 0. The molecular weight excluding hydrogens is 290 g/mol. The van der Waals surface area contributed by atoms with Crippen LogP contribution >= 0.6 is 0 Å². The Balaban J connectivity index is 1.71. The zero-order chi connectivity index (χ0) is 16.2. The van der Waals surface area contributed by atoms with Crippen LogP contribution in [-0.2, 0) is 16.1 Å². The standard InChI is InChI=1S/C18H19N3O2/c1-13-2-4-15(5-3-13)21-16(6-7-17(21)22)18(23)20-12-14-8-10-19-11-9-14/h2-5,8-11,16H,6-7,12H2,1H3,(H,20,23). The molecule has 1 aromatic carbocycles. The van der Waals surface area contributed by atoms with Crippen LogP contribution in [-0.4, -0.2) is 22.8 Å². The molecule has 0 bridgehead atoms. The number of carbonyl (C=O) groups is 2. The first kappa shape index (κ1) is 15.2. The molecule has 1 unspecified atom stereocenters. The van der Waals surface area contributed by atoms with E-state index in [1.54, 1.807) is 17.3 Å². The van der Waals surface area contributed by atoms with Gasteiger partial charge in [-0.25, -0.2) is 0 Å². The van der Waals surface area contributed by atoms with Gasteiger partial charge in [0.05, 0.1) is 0 Å². The van der Waals surface area contributed by atoms with Crippen molar-refractivity contribution in [2.24, 2.45) is 0 Å². The number of nitrogens with one attached hydrogen (secondary N) is 1. The summed E-state index contributed by atoms with van der Waals surface area (Å²) < 4.78 is 0. The van der Waals surface area contributed by atoms with Crippen molar-refractivity contribution in [1.82, 2.24) is 10.3 Å². The van der Waals surface area contributed by atoms with Crippen LogP contribution in [0.25, 0.3) is 0 Å². The van der Waals surface area contributed by atoms with Crippen molar-refractivity contribution < 1.29 is 9.59 Å². The van der Waals surface area contributed by atoms with Crippen LogP contribution in [0.3, 0.4) is 0 Å². The SMILES string of the molecule is Cc1ccc(N2C(=O)CCC2C(=O)NCc2ccncc2)cc1. The van der Waals surface area contributed by atoms with Crippen molar-refractivity contribution in [1.29, 1.82) is 0 Å². The fourth-order valence-electron chi connectivity index (χ4n) is 2.77. The Morgan fingerprint density at radius 3 is 2.61 bits per heavy atom. The van der Waals surface area contributed by atoms with E-state index in [9.17, 15) is 9.59 Å². The number of carbonyl (C=O) groups excluding carboxylic acids is 2. The van der Waals surface area contributed by atoms with Gasteiger partial charge in [0.2, 0.25) is 11.8 Å². The van der Waals surface area contributed by atoms with Crippen LogP contribution in [0, 0.1) is 6.92 Å². The number of aryl methyl sites for hydroxylation is 1. The van der Waals surface area contributed by atoms with E-state index in [1.165, 1.54) is 0 Å². The maximum Gasteiger partial charge on any atom is 0.243 e. The molecule has 3 rings (SSSR count). The molecule has 23 heavy (non-hydrogen) atoms. The molecule has 0 spiro atoms. The summed E-state index contributed by atoms with van der Waals surface area (Å²) in [6, 6.07) is 11.0. The molecule has 2 aromatic rings. The third-order valence-electron chi connectivity index (χ3n) is 4.04. The molecule has 5 heteroatoms. The van der Waals surface area contributed by atoms with Crippen LogP contribution in [0.1, 0.15) is 24.0 Å². The first-order valence-corrected chi connectivity index (χ1v) is 7.70. The van der Waals surface area contributed by atoms with Crippen molar-refractivity contribution in [3.05, 3.63) is 59.9 Å². The lowest BCUT2D eigenvalue weighted by molar-refractivity contribution is -0.124. The lowest BCUT2D eigenvalue weighted by Crippen LogP contribution is -2.44. The molecule has 2 heterocycles. The average molecular weight is 309 g/mol. The average Bonchev–Trinajstić information content (AvgIpc) is 2.96. The second-order valence-corrected chi connectivity index (χ2v) is 5.73. The highest BCUT2D eigenvalue weighted by atomic mass is 16.2. The predicted octanol–water partition coefficient (Wildman–Crippen LogP) is 2.20. The lowest BCUT2D eigenvalue weighted by atomic mass is 10.1. The molecule has 0 radical (unpaired) electrons. The summed E-state index contributed by atoms with van der Waals surface area (Å²) in [6.07, 6.45) is 4.34. The number of amides is 2. The van der Waals surface area contributed by atoms with Gasteiger partial charge in [-0.15, -0.1) is 0 Å². The second kappa shape index (κ2) is 6.60. The third-order valence-corrected chi connectivity index (χ3v) is 4.04. The molecule has 1 aliphatic rings. The van der Waals surface area contributed by atoms with Crippen LogP contribution in [0.15, 0.2) is 48.8 Å². The molecule has 118 valence electrons. The van der Waals surface area contributed by atoms with E-state index in [2.05, 4.69) is 10.3 Å². The van der Waals surface area contributed by atoms with E-state index in [1.807, 2.05) is 43.3 Å². The van der Waals surface area contributed by atoms with Gasteiger partial charge in [-0.3, -0.25) is 19.5 Å². The Hall–Kier alpha value is -2.69. The number of hydrogen-bond acceptors (Lipinski definition) is 3. The maximum atomic E-state index is 12.5. The summed E-state index contributed by atoms with van der Waals surface area (Å²) in [4.78, 5) is 30.2. The van der Waals surface area contributed by atoms with Crippen molar-refractivity contribution in [3.63, 3.8) is 0 Å². The van der Waals surface area contributed by atoms with Gasteiger partial charge in [0, 0.05) is 31.0 Å². The molecule has 1 fully saturated rings. The van der Waals surface area contributed by atoms with Crippen LogP contribution in [0.4, 0.5) is 5.69 Å². The number of rotatable bonds is 4. The Bertz CT molecular complexity index is 698. The molecule has 1 aliphatic heterocycles. The highest BCUT2D eigenvalue weighted by Crippen LogP contribution is 2.27. The fourth-order valence-corrected chi connectivity index (χ4v) is 2.77. The van der Waals surface area contributed by atoms with E-state index in [4.69, 9.17) is 0 Å². The van der Waals surface area contributed by atoms with Crippen molar-refractivity contribution in [2.45, 2.75) is 32.4 Å². The summed E-state index contributed by atoms with van der Waals surface area (Å²) in [5.74, 6) is -0.119. The van der Waals surface area contributed by atoms with Gasteiger partial charge in [0.25, 0.3) is 0 Å². The minimum absolute atomic E-state index is 0.00193. The Kier molecular flexibility index (Phi) is 4.37. The van der Waals surface area contributed by atoms with Gasteiger partial charge >= 0.3 is 0 Å². The molecule has 0 saturated carbocycles. The third kappa shape index (κ3) is 3.39. The predicted molar refractivity (Wildman–Crippen MR) is 87.8 cm³/mol. The Morgan fingerprint density at radius 2 is 1.91 bits per heavy atom. The minimum atomic E-state index is -0.438. The van der Waals surface area contributed by atoms with Crippen LogP contribution < -0.4 is 10.2 Å². The number of aromatic nitrogens is 1. The van der Waals surface area contributed by atoms with Crippen molar-refractivity contribution >= 4 is 17.5 Å². The summed E-state index contributed by atoms with van der Waals surface area (Å²) in [7, 11) is 0. The topological polar surface area (TPSA) is 62.3 Å². The van der Waals surface area contributed by atoms with E-state index in [-0.39, 0.29) is 11.8 Å². The number of nitrogens with zero attached hydrogens (tertiary/aromatic N) is 2. The van der Waals surface area contributed by atoms with E-state index >= 15 is 0 Å². The van der Waals surface area contributed by atoms with Gasteiger partial charge in [0.15, 0.2) is 0 Å². The highest BCUT2D eigenvalue weighted by Gasteiger charge is 2.36. The highest BCUT2D eigenvalue weighted by molar-refractivity contribution is 6.03.